The van der Waals surface area contributed by atoms with Crippen molar-refractivity contribution in [2.45, 2.75) is 45.6 Å². The number of epoxide rings is 1. The molecular formula is C14H20O. The van der Waals surface area contributed by atoms with Crippen molar-refractivity contribution in [2.24, 2.45) is 0 Å². The number of rotatable bonds is 1. The van der Waals surface area contributed by atoms with Crippen LogP contribution in [-0.4, -0.2) is 6.61 Å². The standard InChI is InChI=1S/C14H20O/c1-10-6-7-11(13(2,3)4)8-12(10)14(5)9-15-14/h6-8H,9H2,1-5H3. The van der Waals surface area contributed by atoms with Crippen LogP contribution < -0.4 is 0 Å². The van der Waals surface area contributed by atoms with Gasteiger partial charge in [-0.2, -0.15) is 0 Å². The van der Waals surface area contributed by atoms with Crippen molar-refractivity contribution in [1.29, 1.82) is 0 Å². The number of hydrogen-bond donors (Lipinski definition) is 0. The maximum absolute atomic E-state index is 5.53. The third-order valence-corrected chi connectivity index (χ3v) is 3.25. The Morgan fingerprint density at radius 1 is 1.27 bits per heavy atom. The number of aryl methyl sites for hydroxylation is 1. The van der Waals surface area contributed by atoms with Gasteiger partial charge < -0.3 is 4.74 Å². The predicted molar refractivity (Wildman–Crippen MR) is 63.2 cm³/mol. The van der Waals surface area contributed by atoms with Gasteiger partial charge in [-0.1, -0.05) is 39.0 Å². The van der Waals surface area contributed by atoms with Crippen molar-refractivity contribution < 1.29 is 4.74 Å². The zero-order chi connectivity index (χ0) is 11.3. The van der Waals surface area contributed by atoms with Gasteiger partial charge in [0.25, 0.3) is 0 Å². The Morgan fingerprint density at radius 2 is 1.87 bits per heavy atom. The monoisotopic (exact) mass is 204 g/mol. The lowest BCUT2D eigenvalue weighted by molar-refractivity contribution is 0.328. The largest absolute Gasteiger partial charge is 0.365 e. The second-order valence-corrected chi connectivity index (χ2v) is 5.80. The minimum Gasteiger partial charge on any atom is -0.365 e. The summed E-state index contributed by atoms with van der Waals surface area (Å²) in [6, 6.07) is 6.75. The van der Waals surface area contributed by atoms with Crippen LogP contribution in [0.2, 0.25) is 0 Å². The van der Waals surface area contributed by atoms with Gasteiger partial charge in [-0.25, -0.2) is 0 Å². The van der Waals surface area contributed by atoms with Gasteiger partial charge in [-0.3, -0.25) is 0 Å². The average molecular weight is 204 g/mol. The molecule has 15 heavy (non-hydrogen) atoms. The molecule has 0 aromatic heterocycles. The molecule has 1 atom stereocenters. The van der Waals surface area contributed by atoms with Crippen LogP contribution >= 0.6 is 0 Å². The highest BCUT2D eigenvalue weighted by Gasteiger charge is 2.42. The summed E-state index contributed by atoms with van der Waals surface area (Å²) in [7, 11) is 0. The van der Waals surface area contributed by atoms with Crippen LogP contribution in [0.15, 0.2) is 18.2 Å². The summed E-state index contributed by atoms with van der Waals surface area (Å²) in [5.41, 5.74) is 4.29. The maximum Gasteiger partial charge on any atom is 0.114 e. The van der Waals surface area contributed by atoms with E-state index in [1.807, 2.05) is 0 Å². The van der Waals surface area contributed by atoms with Gasteiger partial charge in [0.05, 0.1) is 6.61 Å². The van der Waals surface area contributed by atoms with Gasteiger partial charge >= 0.3 is 0 Å². The minimum absolute atomic E-state index is 0.00859. The van der Waals surface area contributed by atoms with E-state index in [0.29, 0.717) is 0 Å². The molecular weight excluding hydrogens is 184 g/mol. The van der Waals surface area contributed by atoms with Gasteiger partial charge in [-0.05, 0) is 36.0 Å². The van der Waals surface area contributed by atoms with E-state index in [-0.39, 0.29) is 11.0 Å². The van der Waals surface area contributed by atoms with E-state index < -0.39 is 0 Å². The predicted octanol–water partition coefficient (Wildman–Crippen LogP) is 3.54. The van der Waals surface area contributed by atoms with Crippen LogP contribution in [0.1, 0.15) is 44.4 Å². The molecule has 0 N–H and O–H groups in total. The molecule has 1 unspecified atom stereocenters. The number of hydrogen-bond acceptors (Lipinski definition) is 1. The first-order valence-corrected chi connectivity index (χ1v) is 5.58. The summed E-state index contributed by atoms with van der Waals surface area (Å²) in [5, 5.41) is 0. The summed E-state index contributed by atoms with van der Waals surface area (Å²) in [5.74, 6) is 0. The van der Waals surface area contributed by atoms with E-state index in [2.05, 4.69) is 52.8 Å². The van der Waals surface area contributed by atoms with Crippen LogP contribution in [0.25, 0.3) is 0 Å². The lowest BCUT2D eigenvalue weighted by Crippen LogP contribution is -2.14. The molecule has 1 heteroatoms. The Bertz CT molecular complexity index is 381. The lowest BCUT2D eigenvalue weighted by Gasteiger charge is -2.21. The first-order chi connectivity index (χ1) is 6.83. The molecule has 0 amide bonds. The fourth-order valence-corrected chi connectivity index (χ4v) is 1.92. The molecule has 1 aromatic carbocycles. The second kappa shape index (κ2) is 3.08. The molecule has 1 aliphatic rings. The molecule has 0 saturated carbocycles. The Hall–Kier alpha value is -0.820. The molecule has 1 fully saturated rings. The smallest absolute Gasteiger partial charge is 0.114 e. The van der Waals surface area contributed by atoms with E-state index in [9.17, 15) is 0 Å². The fourth-order valence-electron chi connectivity index (χ4n) is 1.92. The topological polar surface area (TPSA) is 12.5 Å². The fraction of sp³-hybridized carbons (Fsp3) is 0.571. The summed E-state index contributed by atoms with van der Waals surface area (Å²) in [6.45, 7) is 11.9. The summed E-state index contributed by atoms with van der Waals surface area (Å²) in [6.07, 6.45) is 0. The average Bonchev–Trinajstić information content (AvgIpc) is 2.83. The Morgan fingerprint density at radius 3 is 2.33 bits per heavy atom. The van der Waals surface area contributed by atoms with Crippen LogP contribution in [0.5, 0.6) is 0 Å². The third-order valence-electron chi connectivity index (χ3n) is 3.25. The Kier molecular flexibility index (Phi) is 2.20. The molecule has 0 spiro atoms. The van der Waals surface area contributed by atoms with Crippen molar-refractivity contribution in [1.82, 2.24) is 0 Å². The van der Waals surface area contributed by atoms with Gasteiger partial charge in [0.15, 0.2) is 0 Å². The highest BCUT2D eigenvalue weighted by molar-refractivity contribution is 5.39. The van der Waals surface area contributed by atoms with E-state index in [4.69, 9.17) is 4.74 Å². The van der Waals surface area contributed by atoms with Crippen LogP contribution in [0.4, 0.5) is 0 Å². The van der Waals surface area contributed by atoms with E-state index in [1.54, 1.807) is 0 Å². The van der Waals surface area contributed by atoms with Gasteiger partial charge in [0, 0.05) is 0 Å². The highest BCUT2D eigenvalue weighted by atomic mass is 16.6. The van der Waals surface area contributed by atoms with Gasteiger partial charge in [-0.15, -0.1) is 0 Å². The first-order valence-electron chi connectivity index (χ1n) is 5.58. The molecule has 1 aliphatic heterocycles. The van der Waals surface area contributed by atoms with E-state index in [0.717, 1.165) is 6.61 Å². The molecule has 0 bridgehead atoms. The summed E-state index contributed by atoms with van der Waals surface area (Å²) < 4.78 is 5.53. The SMILES string of the molecule is Cc1ccc(C(C)(C)C)cc1C1(C)CO1. The van der Waals surface area contributed by atoms with E-state index >= 15 is 0 Å². The molecule has 0 radical (unpaired) electrons. The van der Waals surface area contributed by atoms with Crippen molar-refractivity contribution in [3.05, 3.63) is 34.9 Å². The summed E-state index contributed by atoms with van der Waals surface area (Å²) in [4.78, 5) is 0. The minimum atomic E-state index is -0.00859. The molecule has 1 saturated heterocycles. The zero-order valence-electron chi connectivity index (χ0n) is 10.3. The molecule has 1 nitrogen and oxygen atoms in total. The van der Waals surface area contributed by atoms with Crippen LogP contribution in [0, 0.1) is 6.92 Å². The number of benzene rings is 1. The van der Waals surface area contributed by atoms with E-state index in [1.165, 1.54) is 16.7 Å². The first kappa shape index (κ1) is 10.7. The Balaban J connectivity index is 2.47. The number of ether oxygens (including phenoxy) is 1. The van der Waals surface area contributed by atoms with Gasteiger partial charge in [0.1, 0.15) is 5.60 Å². The van der Waals surface area contributed by atoms with Gasteiger partial charge in [0.2, 0.25) is 0 Å². The van der Waals surface area contributed by atoms with Crippen molar-refractivity contribution >= 4 is 0 Å². The van der Waals surface area contributed by atoms with Crippen LogP contribution in [-0.2, 0) is 15.8 Å². The molecule has 82 valence electrons. The van der Waals surface area contributed by atoms with Crippen molar-refractivity contribution in [3.8, 4) is 0 Å². The molecule has 0 aliphatic carbocycles. The lowest BCUT2D eigenvalue weighted by atomic mass is 9.83. The normalized spacial score (nSPS) is 25.4. The zero-order valence-corrected chi connectivity index (χ0v) is 10.3. The summed E-state index contributed by atoms with van der Waals surface area (Å²) >= 11 is 0. The second-order valence-electron chi connectivity index (χ2n) is 5.80. The highest BCUT2D eigenvalue weighted by Crippen LogP contribution is 2.41. The molecule has 2 rings (SSSR count). The molecule has 1 aromatic rings. The van der Waals surface area contributed by atoms with Crippen molar-refractivity contribution in [3.63, 3.8) is 0 Å². The molecule has 1 heterocycles. The van der Waals surface area contributed by atoms with Crippen molar-refractivity contribution in [2.75, 3.05) is 6.61 Å². The third kappa shape index (κ3) is 1.93. The quantitative estimate of drug-likeness (QED) is 0.637. The van der Waals surface area contributed by atoms with Crippen LogP contribution in [0.3, 0.4) is 0 Å². The maximum atomic E-state index is 5.53. The Labute approximate surface area is 92.5 Å².